The molecule has 90 valence electrons. The van der Waals surface area contributed by atoms with Crippen molar-refractivity contribution >= 4 is 11.9 Å². The molecule has 0 radical (unpaired) electrons. The van der Waals surface area contributed by atoms with Crippen molar-refractivity contribution in [2.75, 3.05) is 6.61 Å². The minimum absolute atomic E-state index is 0.0938. The average molecular weight is 235 g/mol. The molecule has 0 aromatic heterocycles. The average Bonchev–Trinajstić information content (AvgIpc) is 2.25. The normalized spacial score (nSPS) is 11.0. The van der Waals surface area contributed by atoms with Crippen LogP contribution in [0.15, 0.2) is 35.9 Å². The van der Waals surface area contributed by atoms with Gasteiger partial charge in [0.2, 0.25) is 0 Å². The fourth-order valence-electron chi connectivity index (χ4n) is 1.24. The molecule has 5 heteroatoms. The third-order valence-corrected chi connectivity index (χ3v) is 1.98. The third kappa shape index (κ3) is 3.98. The Balaban J connectivity index is 2.76. The molecule has 3 N–H and O–H groups in total. The number of carbonyl (C=O) groups excluding carboxylic acids is 1. The Bertz CT molecular complexity index is 465. The van der Waals surface area contributed by atoms with Crippen LogP contribution in [0.2, 0.25) is 0 Å². The Hall–Kier alpha value is -2.30. The lowest BCUT2D eigenvalue weighted by Gasteiger charge is -2.09. The van der Waals surface area contributed by atoms with Crippen molar-refractivity contribution in [1.82, 2.24) is 0 Å². The van der Waals surface area contributed by atoms with Crippen LogP contribution in [0.1, 0.15) is 17.3 Å². The summed E-state index contributed by atoms with van der Waals surface area (Å²) in [7, 11) is 0. The zero-order valence-electron chi connectivity index (χ0n) is 9.34. The van der Waals surface area contributed by atoms with Crippen LogP contribution in [0.5, 0.6) is 5.75 Å². The Morgan fingerprint density at radius 2 is 2.06 bits per heavy atom. The zero-order chi connectivity index (χ0) is 12.8. The molecule has 0 fully saturated rings. The van der Waals surface area contributed by atoms with Gasteiger partial charge in [0.25, 0.3) is 5.91 Å². The molecule has 17 heavy (non-hydrogen) atoms. The first-order valence-electron chi connectivity index (χ1n) is 4.92. The highest BCUT2D eigenvalue weighted by Crippen LogP contribution is 2.17. The molecule has 0 saturated heterocycles. The standard InChI is InChI=1S/C12H13NO4/c1-8(6-11(14)15)7-17-10-5-3-2-4-9(10)12(13)16/h2-6H,7H2,1H3,(H2,13,16)(H,14,15)/b8-6+. The van der Waals surface area contributed by atoms with Gasteiger partial charge in [0.05, 0.1) is 5.56 Å². The number of hydrogen-bond donors (Lipinski definition) is 2. The fraction of sp³-hybridized carbons (Fsp3) is 0.167. The van der Waals surface area contributed by atoms with Crippen LogP contribution >= 0.6 is 0 Å². The summed E-state index contributed by atoms with van der Waals surface area (Å²) in [6, 6.07) is 6.53. The number of hydrogen-bond acceptors (Lipinski definition) is 3. The molecule has 0 aliphatic rings. The van der Waals surface area contributed by atoms with Crippen LogP contribution in [-0.2, 0) is 4.79 Å². The van der Waals surface area contributed by atoms with E-state index in [9.17, 15) is 9.59 Å². The number of ether oxygens (including phenoxy) is 1. The smallest absolute Gasteiger partial charge is 0.328 e. The first-order chi connectivity index (χ1) is 8.00. The number of carboxylic acids is 1. The van der Waals surface area contributed by atoms with Crippen LogP contribution in [0, 0.1) is 0 Å². The highest BCUT2D eigenvalue weighted by molar-refractivity contribution is 5.95. The zero-order valence-corrected chi connectivity index (χ0v) is 9.34. The quantitative estimate of drug-likeness (QED) is 0.750. The van der Waals surface area contributed by atoms with E-state index in [1.54, 1.807) is 31.2 Å². The van der Waals surface area contributed by atoms with E-state index in [0.29, 0.717) is 11.3 Å². The molecule has 0 spiro atoms. The van der Waals surface area contributed by atoms with E-state index >= 15 is 0 Å². The maximum absolute atomic E-state index is 11.1. The summed E-state index contributed by atoms with van der Waals surface area (Å²) in [4.78, 5) is 21.5. The largest absolute Gasteiger partial charge is 0.488 e. The van der Waals surface area contributed by atoms with Gasteiger partial charge in [0.1, 0.15) is 12.4 Å². The number of carboxylic acid groups (broad SMARTS) is 1. The van der Waals surface area contributed by atoms with Crippen LogP contribution in [0.4, 0.5) is 0 Å². The van der Waals surface area contributed by atoms with E-state index in [2.05, 4.69) is 0 Å². The second-order valence-electron chi connectivity index (χ2n) is 3.48. The molecule has 1 aromatic rings. The van der Waals surface area contributed by atoms with Crippen LogP contribution in [0.3, 0.4) is 0 Å². The van der Waals surface area contributed by atoms with Gasteiger partial charge in [-0.05, 0) is 24.6 Å². The van der Waals surface area contributed by atoms with Crippen molar-refractivity contribution in [3.8, 4) is 5.75 Å². The van der Waals surface area contributed by atoms with Crippen molar-refractivity contribution in [1.29, 1.82) is 0 Å². The third-order valence-electron chi connectivity index (χ3n) is 1.98. The summed E-state index contributed by atoms with van der Waals surface area (Å²) in [5.74, 6) is -1.27. The predicted octanol–water partition coefficient (Wildman–Crippen LogP) is 1.20. The lowest BCUT2D eigenvalue weighted by molar-refractivity contribution is -0.131. The molecule has 1 aromatic carbocycles. The van der Waals surface area contributed by atoms with Crippen molar-refractivity contribution in [2.24, 2.45) is 5.73 Å². The number of amides is 1. The van der Waals surface area contributed by atoms with Gasteiger partial charge in [-0.2, -0.15) is 0 Å². The van der Waals surface area contributed by atoms with E-state index in [1.165, 1.54) is 0 Å². The summed E-state index contributed by atoms with van der Waals surface area (Å²) in [6.45, 7) is 1.72. The van der Waals surface area contributed by atoms with E-state index in [0.717, 1.165) is 6.08 Å². The van der Waals surface area contributed by atoms with Crippen molar-refractivity contribution in [3.05, 3.63) is 41.5 Å². The molecule has 0 saturated carbocycles. The van der Waals surface area contributed by atoms with Gasteiger partial charge in [-0.1, -0.05) is 12.1 Å². The van der Waals surface area contributed by atoms with Gasteiger partial charge in [0, 0.05) is 6.08 Å². The molecule has 0 unspecified atom stereocenters. The first-order valence-corrected chi connectivity index (χ1v) is 4.92. The molecular weight excluding hydrogens is 222 g/mol. The summed E-state index contributed by atoms with van der Waals surface area (Å²) in [5.41, 5.74) is 5.99. The van der Waals surface area contributed by atoms with Crippen molar-refractivity contribution in [3.63, 3.8) is 0 Å². The Labute approximate surface area is 98.5 Å². The number of carbonyl (C=O) groups is 2. The minimum Gasteiger partial charge on any atom is -0.488 e. The number of nitrogens with two attached hydrogens (primary N) is 1. The lowest BCUT2D eigenvalue weighted by Crippen LogP contribution is -2.13. The number of para-hydroxylation sites is 1. The molecule has 0 bridgehead atoms. The number of aliphatic carboxylic acids is 1. The number of rotatable bonds is 5. The topological polar surface area (TPSA) is 89.6 Å². The highest BCUT2D eigenvalue weighted by Gasteiger charge is 2.08. The monoisotopic (exact) mass is 235 g/mol. The van der Waals surface area contributed by atoms with Gasteiger partial charge < -0.3 is 15.6 Å². The second-order valence-corrected chi connectivity index (χ2v) is 3.48. The maximum atomic E-state index is 11.1. The fourth-order valence-corrected chi connectivity index (χ4v) is 1.24. The van der Waals surface area contributed by atoms with Gasteiger partial charge in [-0.25, -0.2) is 4.79 Å². The van der Waals surface area contributed by atoms with Gasteiger partial charge in [0.15, 0.2) is 0 Å². The van der Waals surface area contributed by atoms with E-state index in [-0.39, 0.29) is 12.2 Å². The van der Waals surface area contributed by atoms with Crippen molar-refractivity contribution in [2.45, 2.75) is 6.92 Å². The highest BCUT2D eigenvalue weighted by atomic mass is 16.5. The van der Waals surface area contributed by atoms with Gasteiger partial charge >= 0.3 is 5.97 Å². The van der Waals surface area contributed by atoms with E-state index in [4.69, 9.17) is 15.6 Å². The van der Waals surface area contributed by atoms with E-state index < -0.39 is 11.9 Å². The summed E-state index contributed by atoms with van der Waals surface area (Å²) in [6.07, 6.45) is 1.05. The predicted molar refractivity (Wildman–Crippen MR) is 61.8 cm³/mol. The van der Waals surface area contributed by atoms with Crippen LogP contribution in [-0.4, -0.2) is 23.6 Å². The molecule has 1 rings (SSSR count). The van der Waals surface area contributed by atoms with Crippen LogP contribution in [0.25, 0.3) is 0 Å². The maximum Gasteiger partial charge on any atom is 0.328 e. The molecule has 0 aliphatic carbocycles. The van der Waals surface area contributed by atoms with Gasteiger partial charge in [-0.15, -0.1) is 0 Å². The second kappa shape index (κ2) is 5.69. The molecule has 1 amide bonds. The summed E-state index contributed by atoms with van der Waals surface area (Å²) < 4.78 is 5.33. The van der Waals surface area contributed by atoms with Gasteiger partial charge in [-0.3, -0.25) is 4.79 Å². The number of primary amides is 1. The molecule has 5 nitrogen and oxygen atoms in total. The summed E-state index contributed by atoms with van der Waals surface area (Å²) >= 11 is 0. The molecule has 0 heterocycles. The van der Waals surface area contributed by atoms with E-state index in [1.807, 2.05) is 0 Å². The van der Waals surface area contributed by atoms with Crippen LogP contribution < -0.4 is 10.5 Å². The Morgan fingerprint density at radius 3 is 2.65 bits per heavy atom. The Morgan fingerprint density at radius 1 is 1.41 bits per heavy atom. The molecule has 0 aliphatic heterocycles. The van der Waals surface area contributed by atoms with Crippen molar-refractivity contribution < 1.29 is 19.4 Å². The Kier molecular flexibility index (Phi) is 4.28. The lowest BCUT2D eigenvalue weighted by atomic mass is 10.2. The molecular formula is C12H13NO4. The molecule has 0 atom stereocenters. The first kappa shape index (κ1) is 12.8. The minimum atomic E-state index is -1.03. The summed E-state index contributed by atoms with van der Waals surface area (Å²) in [5, 5.41) is 8.52. The number of benzene rings is 1. The SMILES string of the molecule is C/C(=C\C(=O)O)COc1ccccc1C(N)=O.